The second-order valence-electron chi connectivity index (χ2n) is 3.42. The van der Waals surface area contributed by atoms with E-state index >= 15 is 0 Å². The van der Waals surface area contributed by atoms with Gasteiger partial charge in [-0.2, -0.15) is 0 Å². The first-order chi connectivity index (χ1) is 9.44. The molecule has 0 fully saturated rings. The molecule has 0 saturated carbocycles. The van der Waals surface area contributed by atoms with E-state index < -0.39 is 11.8 Å². The van der Waals surface area contributed by atoms with Gasteiger partial charge < -0.3 is 18.9 Å². The average molecular weight is 323 g/mol. The predicted molar refractivity (Wildman–Crippen MR) is 72.5 cm³/mol. The molecule has 0 aliphatic heterocycles. The third-order valence-electron chi connectivity index (χ3n) is 2.46. The summed E-state index contributed by atoms with van der Waals surface area (Å²) in [5.74, 6) is -1.94. The van der Waals surface area contributed by atoms with Crippen molar-refractivity contribution in [2.75, 3.05) is 28.4 Å². The molecule has 0 radical (unpaired) electrons. The number of methoxy groups -OCH3 is 4. The van der Waals surface area contributed by atoms with E-state index in [9.17, 15) is 9.59 Å². The predicted octanol–water partition coefficient (Wildman–Crippen LogP) is 2.37. The van der Waals surface area contributed by atoms with Gasteiger partial charge >= 0.3 is 5.97 Å². The summed E-state index contributed by atoms with van der Waals surface area (Å²) in [7, 11) is 5.07. The van der Waals surface area contributed by atoms with Gasteiger partial charge in [0.2, 0.25) is 5.75 Å². The maximum atomic E-state index is 12.0. The fourth-order valence-corrected chi connectivity index (χ4v) is 2.30. The van der Waals surface area contributed by atoms with Gasteiger partial charge in [0.1, 0.15) is 0 Å². The van der Waals surface area contributed by atoms with Crippen molar-refractivity contribution in [3.05, 3.63) is 15.6 Å². The lowest BCUT2D eigenvalue weighted by atomic mass is 10.1. The molecule has 0 unspecified atom stereocenters. The monoisotopic (exact) mass is 322 g/mol. The van der Waals surface area contributed by atoms with Crippen molar-refractivity contribution >= 4 is 35.0 Å². The fraction of sp³-hybridized carbons (Fsp3) is 0.333. The van der Waals surface area contributed by atoms with Crippen LogP contribution < -0.4 is 14.2 Å². The summed E-state index contributed by atoms with van der Waals surface area (Å²) in [6, 6.07) is 0. The zero-order valence-electron chi connectivity index (χ0n) is 11.2. The topological polar surface area (TPSA) is 71.1 Å². The Kier molecular flexibility index (Phi) is 5.47. The van der Waals surface area contributed by atoms with E-state index in [1.807, 2.05) is 0 Å². The van der Waals surface area contributed by atoms with Crippen molar-refractivity contribution < 1.29 is 28.5 Å². The molecule has 0 amide bonds. The Morgan fingerprint density at radius 1 is 0.800 bits per heavy atom. The van der Waals surface area contributed by atoms with Crippen LogP contribution >= 0.6 is 23.2 Å². The van der Waals surface area contributed by atoms with Gasteiger partial charge in [-0.15, -0.1) is 0 Å². The fourth-order valence-electron chi connectivity index (χ4n) is 1.57. The van der Waals surface area contributed by atoms with Gasteiger partial charge in [-0.05, 0) is 0 Å². The van der Waals surface area contributed by atoms with E-state index in [4.69, 9.17) is 37.4 Å². The molecule has 0 aliphatic carbocycles. The zero-order valence-corrected chi connectivity index (χ0v) is 12.7. The van der Waals surface area contributed by atoms with Crippen LogP contribution in [0.15, 0.2) is 0 Å². The molecule has 0 bridgehead atoms. The summed E-state index contributed by atoms with van der Waals surface area (Å²) >= 11 is 12.1. The first-order valence-electron chi connectivity index (χ1n) is 5.24. The Bertz CT molecular complexity index is 524. The standard InChI is InChI=1S/C12H12Cl2O6/c1-17-9-6(13)5(8(15)12(16)20-4)7(14)10(18-2)11(9)19-3/h1-4H3. The Labute approximate surface area is 125 Å². The van der Waals surface area contributed by atoms with Crippen LogP contribution in [0.2, 0.25) is 10.0 Å². The second kappa shape index (κ2) is 6.67. The van der Waals surface area contributed by atoms with Crippen LogP contribution in [0.1, 0.15) is 10.4 Å². The largest absolute Gasteiger partial charge is 0.491 e. The first-order valence-corrected chi connectivity index (χ1v) is 5.99. The molecule has 0 aromatic heterocycles. The molecule has 0 atom stereocenters. The van der Waals surface area contributed by atoms with E-state index in [2.05, 4.69) is 4.74 Å². The molecule has 0 heterocycles. The van der Waals surface area contributed by atoms with Gasteiger partial charge in [-0.1, -0.05) is 23.2 Å². The molecule has 0 spiro atoms. The number of carbonyl (C=O) groups is 2. The van der Waals surface area contributed by atoms with Gasteiger partial charge in [0.15, 0.2) is 11.5 Å². The molecule has 0 aliphatic rings. The minimum absolute atomic E-state index is 0.0302. The highest BCUT2D eigenvalue weighted by atomic mass is 35.5. The van der Waals surface area contributed by atoms with Crippen molar-refractivity contribution in [1.82, 2.24) is 0 Å². The highest BCUT2D eigenvalue weighted by Gasteiger charge is 2.31. The van der Waals surface area contributed by atoms with Crippen LogP contribution in [0.25, 0.3) is 0 Å². The number of benzene rings is 1. The van der Waals surface area contributed by atoms with E-state index in [1.54, 1.807) is 0 Å². The molecular weight excluding hydrogens is 311 g/mol. The molecule has 110 valence electrons. The summed E-state index contributed by atoms with van der Waals surface area (Å²) in [5, 5.41) is -0.323. The number of esters is 1. The molecule has 1 aromatic carbocycles. The second-order valence-corrected chi connectivity index (χ2v) is 4.18. The van der Waals surface area contributed by atoms with E-state index in [0.29, 0.717) is 0 Å². The number of halogens is 2. The van der Waals surface area contributed by atoms with Crippen LogP contribution in [0.4, 0.5) is 0 Å². The third-order valence-corrected chi connectivity index (χ3v) is 3.18. The lowest BCUT2D eigenvalue weighted by molar-refractivity contribution is -0.135. The van der Waals surface area contributed by atoms with Gasteiger partial charge in [0, 0.05) is 0 Å². The van der Waals surface area contributed by atoms with Crippen LogP contribution in [-0.2, 0) is 9.53 Å². The maximum Gasteiger partial charge on any atom is 0.379 e. The van der Waals surface area contributed by atoms with Crippen molar-refractivity contribution in [3.63, 3.8) is 0 Å². The summed E-state index contributed by atoms with van der Waals surface area (Å²) in [5.41, 5.74) is -0.269. The lowest BCUT2D eigenvalue weighted by Gasteiger charge is -2.17. The highest BCUT2D eigenvalue weighted by molar-refractivity contribution is 6.50. The lowest BCUT2D eigenvalue weighted by Crippen LogP contribution is -2.17. The van der Waals surface area contributed by atoms with E-state index in [1.165, 1.54) is 21.3 Å². The van der Waals surface area contributed by atoms with E-state index in [-0.39, 0.29) is 32.9 Å². The number of ketones is 1. The number of hydrogen-bond acceptors (Lipinski definition) is 6. The molecule has 1 rings (SSSR count). The maximum absolute atomic E-state index is 12.0. The van der Waals surface area contributed by atoms with E-state index in [0.717, 1.165) is 7.11 Å². The quantitative estimate of drug-likeness (QED) is 0.471. The minimum Gasteiger partial charge on any atom is -0.491 e. The molecular formula is C12H12Cl2O6. The third kappa shape index (κ3) is 2.62. The van der Waals surface area contributed by atoms with Gasteiger partial charge in [0.25, 0.3) is 5.78 Å². The van der Waals surface area contributed by atoms with Gasteiger partial charge in [-0.25, -0.2) is 4.79 Å². The number of hydrogen-bond donors (Lipinski definition) is 0. The minimum atomic E-state index is -1.11. The summed E-state index contributed by atoms with van der Waals surface area (Å²) in [6.45, 7) is 0. The Balaban J connectivity index is 3.69. The first kappa shape index (κ1) is 16.4. The normalized spacial score (nSPS) is 9.90. The Morgan fingerprint density at radius 3 is 1.50 bits per heavy atom. The van der Waals surface area contributed by atoms with Gasteiger partial charge in [0.05, 0.1) is 44.0 Å². The van der Waals surface area contributed by atoms with Crippen molar-refractivity contribution in [2.24, 2.45) is 0 Å². The van der Waals surface area contributed by atoms with Crippen LogP contribution in [0, 0.1) is 0 Å². The Hall–Kier alpha value is -1.66. The number of rotatable bonds is 5. The molecule has 0 saturated heterocycles. The smallest absolute Gasteiger partial charge is 0.379 e. The molecule has 6 nitrogen and oxygen atoms in total. The summed E-state index contributed by atoms with van der Waals surface area (Å²) < 4.78 is 19.6. The SMILES string of the molecule is COC(=O)C(=O)c1c(Cl)c(OC)c(OC)c(OC)c1Cl. The average Bonchev–Trinajstić information content (AvgIpc) is 2.45. The van der Waals surface area contributed by atoms with Crippen molar-refractivity contribution in [1.29, 1.82) is 0 Å². The van der Waals surface area contributed by atoms with Crippen LogP contribution in [-0.4, -0.2) is 40.2 Å². The molecule has 1 aromatic rings. The van der Waals surface area contributed by atoms with Crippen LogP contribution in [0.3, 0.4) is 0 Å². The summed E-state index contributed by atoms with van der Waals surface area (Å²) in [6.07, 6.45) is 0. The number of ether oxygens (including phenoxy) is 4. The molecule has 8 heteroatoms. The van der Waals surface area contributed by atoms with Crippen LogP contribution in [0.5, 0.6) is 17.2 Å². The molecule has 20 heavy (non-hydrogen) atoms. The number of Topliss-reactive ketones (excluding diaryl/α,β-unsaturated/α-hetero) is 1. The van der Waals surface area contributed by atoms with Gasteiger partial charge in [-0.3, -0.25) is 4.79 Å². The van der Waals surface area contributed by atoms with Crippen molar-refractivity contribution in [2.45, 2.75) is 0 Å². The summed E-state index contributed by atoms with van der Waals surface area (Å²) in [4.78, 5) is 23.3. The van der Waals surface area contributed by atoms with Crippen molar-refractivity contribution in [3.8, 4) is 17.2 Å². The molecule has 0 N–H and O–H groups in total. The zero-order chi connectivity index (χ0) is 15.4. The Morgan fingerprint density at radius 2 is 1.20 bits per heavy atom. The highest BCUT2D eigenvalue weighted by Crippen LogP contribution is 2.50. The number of carbonyl (C=O) groups excluding carboxylic acids is 2.